The SMILES string of the molecule is O=C(O)Cc1nc2ccc(Br)cc2[nH]1. The molecule has 0 unspecified atom stereocenters. The van der Waals surface area contributed by atoms with Gasteiger partial charge in [-0.25, -0.2) is 4.98 Å². The van der Waals surface area contributed by atoms with Crippen molar-refractivity contribution >= 4 is 32.9 Å². The zero-order valence-electron chi connectivity index (χ0n) is 7.12. The first-order chi connectivity index (χ1) is 6.65. The predicted octanol–water partition coefficient (Wildman–Crippen LogP) is 1.95. The van der Waals surface area contributed by atoms with E-state index < -0.39 is 5.97 Å². The van der Waals surface area contributed by atoms with Crippen molar-refractivity contribution in [2.45, 2.75) is 6.42 Å². The highest BCUT2D eigenvalue weighted by Crippen LogP contribution is 2.17. The van der Waals surface area contributed by atoms with Gasteiger partial charge in [0.05, 0.1) is 11.0 Å². The number of rotatable bonds is 2. The molecule has 14 heavy (non-hydrogen) atoms. The molecule has 0 saturated heterocycles. The van der Waals surface area contributed by atoms with E-state index in [1.807, 2.05) is 18.2 Å². The summed E-state index contributed by atoms with van der Waals surface area (Å²) in [6.07, 6.45) is -0.0771. The Morgan fingerprint density at radius 3 is 3.07 bits per heavy atom. The predicted molar refractivity (Wildman–Crippen MR) is 55.1 cm³/mol. The van der Waals surface area contributed by atoms with E-state index in [1.54, 1.807) is 0 Å². The smallest absolute Gasteiger partial charge is 0.311 e. The minimum Gasteiger partial charge on any atom is -0.481 e. The second-order valence-electron chi connectivity index (χ2n) is 2.92. The minimum atomic E-state index is -0.886. The molecule has 0 amide bonds. The Hall–Kier alpha value is -1.36. The Bertz CT molecular complexity index is 493. The second kappa shape index (κ2) is 3.42. The second-order valence-corrected chi connectivity index (χ2v) is 3.83. The standard InChI is InChI=1S/C9H7BrN2O2/c10-5-1-2-6-7(3-5)12-8(11-6)4-9(13)14/h1-3H,4H2,(H,11,12)(H,13,14). The van der Waals surface area contributed by atoms with E-state index in [2.05, 4.69) is 25.9 Å². The molecule has 4 nitrogen and oxygen atoms in total. The summed E-state index contributed by atoms with van der Waals surface area (Å²) in [7, 11) is 0. The van der Waals surface area contributed by atoms with E-state index >= 15 is 0 Å². The third-order valence-corrected chi connectivity index (χ3v) is 2.30. The van der Waals surface area contributed by atoms with Crippen LogP contribution < -0.4 is 0 Å². The maximum absolute atomic E-state index is 10.4. The van der Waals surface area contributed by atoms with Gasteiger partial charge in [0.25, 0.3) is 0 Å². The first-order valence-corrected chi connectivity index (χ1v) is 4.80. The van der Waals surface area contributed by atoms with E-state index in [0.717, 1.165) is 15.5 Å². The number of halogens is 1. The van der Waals surface area contributed by atoms with E-state index in [4.69, 9.17) is 5.11 Å². The number of nitrogens with one attached hydrogen (secondary N) is 1. The average Bonchev–Trinajstić information content (AvgIpc) is 2.44. The number of carbonyl (C=O) groups is 1. The molecule has 5 heteroatoms. The molecule has 0 fully saturated rings. The molecule has 0 aliphatic rings. The average molecular weight is 255 g/mol. The normalized spacial score (nSPS) is 10.6. The highest BCUT2D eigenvalue weighted by atomic mass is 79.9. The van der Waals surface area contributed by atoms with Crippen molar-refractivity contribution in [3.63, 3.8) is 0 Å². The van der Waals surface area contributed by atoms with E-state index in [0.29, 0.717) is 5.82 Å². The monoisotopic (exact) mass is 254 g/mol. The van der Waals surface area contributed by atoms with Crippen molar-refractivity contribution in [1.82, 2.24) is 9.97 Å². The molecule has 72 valence electrons. The van der Waals surface area contributed by atoms with E-state index in [1.165, 1.54) is 0 Å². The molecule has 1 heterocycles. The van der Waals surface area contributed by atoms with Gasteiger partial charge in [-0.2, -0.15) is 0 Å². The zero-order chi connectivity index (χ0) is 10.1. The molecule has 0 aliphatic carbocycles. The largest absolute Gasteiger partial charge is 0.481 e. The molecule has 0 bridgehead atoms. The van der Waals surface area contributed by atoms with Crippen LogP contribution in [0.5, 0.6) is 0 Å². The number of aromatic amines is 1. The molecule has 0 spiro atoms. The number of aromatic nitrogens is 2. The molecule has 0 atom stereocenters. The number of fused-ring (bicyclic) bond motifs is 1. The molecule has 2 N–H and O–H groups in total. The van der Waals surface area contributed by atoms with Crippen LogP contribution in [0.4, 0.5) is 0 Å². The van der Waals surface area contributed by atoms with Crippen LogP contribution in [0.15, 0.2) is 22.7 Å². The Kier molecular flexibility index (Phi) is 2.25. The Labute approximate surface area is 88.1 Å². The maximum Gasteiger partial charge on any atom is 0.311 e. The van der Waals surface area contributed by atoms with E-state index in [9.17, 15) is 4.79 Å². The van der Waals surface area contributed by atoms with Gasteiger partial charge in [-0.15, -0.1) is 0 Å². The minimum absolute atomic E-state index is 0.0771. The number of aliphatic carboxylic acids is 1. The van der Waals surface area contributed by atoms with Crippen LogP contribution in [-0.2, 0) is 11.2 Å². The Morgan fingerprint density at radius 2 is 2.36 bits per heavy atom. The lowest BCUT2D eigenvalue weighted by molar-refractivity contribution is -0.136. The van der Waals surface area contributed by atoms with Crippen LogP contribution in [0.3, 0.4) is 0 Å². The zero-order valence-corrected chi connectivity index (χ0v) is 8.71. The third-order valence-electron chi connectivity index (χ3n) is 1.81. The van der Waals surface area contributed by atoms with Crippen LogP contribution in [0, 0.1) is 0 Å². The van der Waals surface area contributed by atoms with Gasteiger partial charge in [0, 0.05) is 4.47 Å². The van der Waals surface area contributed by atoms with Gasteiger partial charge >= 0.3 is 5.97 Å². The molecule has 0 radical (unpaired) electrons. The molecule has 1 aromatic heterocycles. The van der Waals surface area contributed by atoms with Gasteiger partial charge in [0.1, 0.15) is 12.2 Å². The number of carboxylic acid groups (broad SMARTS) is 1. The summed E-state index contributed by atoms with van der Waals surface area (Å²) >= 11 is 3.33. The topological polar surface area (TPSA) is 66.0 Å². The summed E-state index contributed by atoms with van der Waals surface area (Å²) in [6, 6.07) is 5.57. The molecular weight excluding hydrogens is 248 g/mol. The van der Waals surface area contributed by atoms with Gasteiger partial charge in [0.2, 0.25) is 0 Å². The Morgan fingerprint density at radius 1 is 1.57 bits per heavy atom. The van der Waals surface area contributed by atoms with Crippen molar-refractivity contribution in [2.24, 2.45) is 0 Å². The molecule has 2 rings (SSSR count). The molecular formula is C9H7BrN2O2. The summed E-state index contributed by atoms with van der Waals surface area (Å²) in [6.45, 7) is 0. The lowest BCUT2D eigenvalue weighted by Crippen LogP contribution is -2.01. The van der Waals surface area contributed by atoms with Gasteiger partial charge in [-0.1, -0.05) is 15.9 Å². The van der Waals surface area contributed by atoms with Gasteiger partial charge in [-0.3, -0.25) is 4.79 Å². The third kappa shape index (κ3) is 1.77. The number of H-pyrrole nitrogens is 1. The van der Waals surface area contributed by atoms with Crippen molar-refractivity contribution in [2.75, 3.05) is 0 Å². The van der Waals surface area contributed by atoms with Crippen molar-refractivity contribution in [3.05, 3.63) is 28.5 Å². The first kappa shape index (κ1) is 9.21. The molecule has 2 aromatic rings. The van der Waals surface area contributed by atoms with Crippen molar-refractivity contribution < 1.29 is 9.90 Å². The molecule has 0 aliphatic heterocycles. The summed E-state index contributed by atoms with van der Waals surface area (Å²) in [5, 5.41) is 8.58. The quantitative estimate of drug-likeness (QED) is 0.861. The van der Waals surface area contributed by atoms with Crippen LogP contribution in [0.1, 0.15) is 5.82 Å². The van der Waals surface area contributed by atoms with Crippen molar-refractivity contribution in [1.29, 1.82) is 0 Å². The van der Waals surface area contributed by atoms with Crippen LogP contribution in [0.25, 0.3) is 11.0 Å². The first-order valence-electron chi connectivity index (χ1n) is 4.01. The van der Waals surface area contributed by atoms with Gasteiger partial charge in [0.15, 0.2) is 0 Å². The number of hydrogen-bond donors (Lipinski definition) is 2. The fraction of sp³-hybridized carbons (Fsp3) is 0.111. The van der Waals surface area contributed by atoms with Gasteiger partial charge in [-0.05, 0) is 18.2 Å². The number of hydrogen-bond acceptors (Lipinski definition) is 2. The summed E-state index contributed by atoms with van der Waals surface area (Å²) in [5.41, 5.74) is 1.63. The highest BCUT2D eigenvalue weighted by molar-refractivity contribution is 9.10. The fourth-order valence-corrected chi connectivity index (χ4v) is 1.62. The fourth-order valence-electron chi connectivity index (χ4n) is 1.26. The number of carboxylic acids is 1. The van der Waals surface area contributed by atoms with Crippen LogP contribution >= 0.6 is 15.9 Å². The van der Waals surface area contributed by atoms with Gasteiger partial charge < -0.3 is 10.1 Å². The number of benzene rings is 1. The lowest BCUT2D eigenvalue weighted by Gasteiger charge is -1.88. The van der Waals surface area contributed by atoms with E-state index in [-0.39, 0.29) is 6.42 Å². The summed E-state index contributed by atoms with van der Waals surface area (Å²) < 4.78 is 0.940. The number of nitrogens with zero attached hydrogens (tertiary/aromatic N) is 1. The van der Waals surface area contributed by atoms with Crippen molar-refractivity contribution in [3.8, 4) is 0 Å². The van der Waals surface area contributed by atoms with Crippen LogP contribution in [-0.4, -0.2) is 21.0 Å². The van der Waals surface area contributed by atoms with Crippen LogP contribution in [0.2, 0.25) is 0 Å². The molecule has 1 aromatic carbocycles. The summed E-state index contributed by atoms with van der Waals surface area (Å²) in [5.74, 6) is -0.409. The Balaban J connectivity index is 2.46. The maximum atomic E-state index is 10.4. The highest BCUT2D eigenvalue weighted by Gasteiger charge is 2.06. The number of imidazole rings is 1. The lowest BCUT2D eigenvalue weighted by atomic mass is 10.3. The summed E-state index contributed by atoms with van der Waals surface area (Å²) in [4.78, 5) is 17.5. The molecule has 0 saturated carbocycles.